The molecule has 0 saturated carbocycles. The van der Waals surface area contributed by atoms with Gasteiger partial charge in [-0.3, -0.25) is 4.79 Å². The highest BCUT2D eigenvalue weighted by Crippen LogP contribution is 2.24. The van der Waals surface area contributed by atoms with Crippen molar-refractivity contribution in [1.29, 1.82) is 0 Å². The van der Waals surface area contributed by atoms with Crippen LogP contribution in [0.15, 0.2) is 35.2 Å². The van der Waals surface area contributed by atoms with Crippen molar-refractivity contribution in [3.63, 3.8) is 0 Å². The average molecular weight is 410 g/mol. The Balaban J connectivity index is 2.13. The van der Waals surface area contributed by atoms with Gasteiger partial charge >= 0.3 is 5.97 Å². The number of carbonyl (C=O) groups excluding carboxylic acids is 2. The van der Waals surface area contributed by atoms with Gasteiger partial charge in [-0.2, -0.15) is 4.31 Å². The number of hydrogen-bond donors (Lipinski definition) is 1. The summed E-state index contributed by atoms with van der Waals surface area (Å²) in [4.78, 5) is 24.0. The Morgan fingerprint density at radius 3 is 2.64 bits per heavy atom. The molecule has 0 bridgehead atoms. The van der Waals surface area contributed by atoms with Crippen LogP contribution < -0.4 is 5.32 Å². The topological polar surface area (TPSA) is 102 Å². The monoisotopic (exact) mass is 410 g/mol. The van der Waals surface area contributed by atoms with Crippen molar-refractivity contribution < 1.29 is 27.5 Å². The Hall–Kier alpha value is -2.23. The average Bonchev–Trinajstić information content (AvgIpc) is 2.68. The van der Waals surface area contributed by atoms with Crippen molar-refractivity contribution in [3.05, 3.63) is 35.9 Å². The summed E-state index contributed by atoms with van der Waals surface area (Å²) in [5.74, 6) is -1.15. The van der Waals surface area contributed by atoms with Crippen LogP contribution in [0.25, 0.3) is 0 Å². The first-order chi connectivity index (χ1) is 13.3. The molecule has 1 aliphatic heterocycles. The van der Waals surface area contributed by atoms with Crippen LogP contribution in [0.5, 0.6) is 0 Å². The number of benzene rings is 1. The maximum atomic E-state index is 12.9. The fourth-order valence-corrected chi connectivity index (χ4v) is 4.27. The Morgan fingerprint density at radius 1 is 1.32 bits per heavy atom. The summed E-state index contributed by atoms with van der Waals surface area (Å²) in [7, 11) is -3.69. The third kappa shape index (κ3) is 5.63. The smallest absolute Gasteiger partial charge is 0.331 e. The van der Waals surface area contributed by atoms with E-state index in [1.807, 2.05) is 6.92 Å². The second-order valence-electron chi connectivity index (χ2n) is 6.38. The maximum Gasteiger partial charge on any atom is 0.331 e. The van der Waals surface area contributed by atoms with Gasteiger partial charge in [0.2, 0.25) is 10.0 Å². The van der Waals surface area contributed by atoms with Crippen LogP contribution >= 0.6 is 0 Å². The number of allylic oxidation sites excluding steroid dienone is 1. The van der Waals surface area contributed by atoms with Gasteiger partial charge in [0.1, 0.15) is 0 Å². The van der Waals surface area contributed by atoms with Gasteiger partial charge in [0.25, 0.3) is 5.91 Å². The molecule has 1 atom stereocenters. The zero-order chi connectivity index (χ0) is 20.7. The Kier molecular flexibility index (Phi) is 7.73. The molecule has 1 aromatic rings. The minimum atomic E-state index is -3.69. The lowest BCUT2D eigenvalue weighted by molar-refractivity contribution is -0.148. The molecular weight excluding hydrogens is 384 g/mol. The molecule has 0 unspecified atom stereocenters. The number of ether oxygens (including phenoxy) is 2. The molecule has 0 radical (unpaired) electrons. The van der Waals surface area contributed by atoms with Crippen LogP contribution in [0.2, 0.25) is 0 Å². The lowest BCUT2D eigenvalue weighted by Crippen LogP contribution is -2.40. The van der Waals surface area contributed by atoms with E-state index in [1.54, 1.807) is 25.1 Å². The quantitative estimate of drug-likeness (QED) is 0.544. The van der Waals surface area contributed by atoms with Crippen LogP contribution in [-0.4, -0.2) is 57.0 Å². The SMILES string of the molecule is CC/C=C/C(=O)O[C@H](C)C(=O)Nc1ccc(C)c(S(=O)(=O)N2CCOCC2)c1. The summed E-state index contributed by atoms with van der Waals surface area (Å²) in [6, 6.07) is 4.66. The first-order valence-corrected chi connectivity index (χ1v) is 10.6. The summed E-state index contributed by atoms with van der Waals surface area (Å²) >= 11 is 0. The minimum absolute atomic E-state index is 0.128. The number of esters is 1. The third-order valence-electron chi connectivity index (χ3n) is 4.20. The van der Waals surface area contributed by atoms with E-state index in [4.69, 9.17) is 9.47 Å². The van der Waals surface area contributed by atoms with Crippen LogP contribution in [-0.2, 0) is 29.1 Å². The van der Waals surface area contributed by atoms with E-state index in [1.165, 1.54) is 23.4 Å². The summed E-state index contributed by atoms with van der Waals surface area (Å²) < 4.78 is 37.4. The number of carbonyl (C=O) groups is 2. The fraction of sp³-hybridized carbons (Fsp3) is 0.474. The van der Waals surface area contributed by atoms with Gasteiger partial charge in [-0.15, -0.1) is 0 Å². The third-order valence-corrected chi connectivity index (χ3v) is 6.24. The molecule has 9 heteroatoms. The van der Waals surface area contributed by atoms with Gasteiger partial charge in [0.05, 0.1) is 18.1 Å². The number of hydrogen-bond acceptors (Lipinski definition) is 6. The fourth-order valence-electron chi connectivity index (χ4n) is 2.61. The molecule has 2 rings (SSSR count). The second kappa shape index (κ2) is 9.81. The van der Waals surface area contributed by atoms with E-state index < -0.39 is 28.0 Å². The molecule has 28 heavy (non-hydrogen) atoms. The highest BCUT2D eigenvalue weighted by molar-refractivity contribution is 7.89. The number of anilines is 1. The molecule has 0 aliphatic carbocycles. The molecule has 1 aliphatic rings. The van der Waals surface area contributed by atoms with E-state index in [9.17, 15) is 18.0 Å². The zero-order valence-electron chi connectivity index (χ0n) is 16.3. The highest BCUT2D eigenvalue weighted by Gasteiger charge is 2.28. The molecule has 1 heterocycles. The second-order valence-corrected chi connectivity index (χ2v) is 8.28. The first-order valence-electron chi connectivity index (χ1n) is 9.12. The minimum Gasteiger partial charge on any atom is -0.449 e. The van der Waals surface area contributed by atoms with Crippen molar-refractivity contribution >= 4 is 27.6 Å². The molecule has 0 aromatic heterocycles. The summed E-state index contributed by atoms with van der Waals surface area (Å²) in [5, 5.41) is 2.60. The van der Waals surface area contributed by atoms with Gasteiger partial charge in [0.15, 0.2) is 6.10 Å². The molecule has 1 amide bonds. The van der Waals surface area contributed by atoms with Crippen molar-refractivity contribution in [2.45, 2.75) is 38.2 Å². The van der Waals surface area contributed by atoms with Crippen LogP contribution in [0.3, 0.4) is 0 Å². The van der Waals surface area contributed by atoms with E-state index in [0.29, 0.717) is 30.9 Å². The molecular formula is C19H26N2O6S. The van der Waals surface area contributed by atoms with Gasteiger partial charge in [-0.25, -0.2) is 13.2 Å². The number of sulfonamides is 1. The number of amides is 1. The van der Waals surface area contributed by atoms with E-state index in [2.05, 4.69) is 5.32 Å². The number of nitrogens with zero attached hydrogens (tertiary/aromatic N) is 1. The number of nitrogens with one attached hydrogen (secondary N) is 1. The summed E-state index contributed by atoms with van der Waals surface area (Å²) in [5.41, 5.74) is 0.892. The molecule has 1 saturated heterocycles. The van der Waals surface area contributed by atoms with E-state index in [-0.39, 0.29) is 18.0 Å². The molecule has 154 valence electrons. The standard InChI is InChI=1S/C19H26N2O6S/c1-4-5-6-18(22)27-15(3)19(23)20-16-8-7-14(2)17(13-16)28(24,25)21-9-11-26-12-10-21/h5-8,13,15H,4,9-12H2,1-3H3,(H,20,23)/b6-5+/t15-/m1/s1. The lowest BCUT2D eigenvalue weighted by Gasteiger charge is -2.27. The zero-order valence-corrected chi connectivity index (χ0v) is 17.1. The molecule has 1 N–H and O–H groups in total. The molecule has 1 aromatic carbocycles. The van der Waals surface area contributed by atoms with Crippen LogP contribution in [0.1, 0.15) is 25.8 Å². The first kappa shape index (κ1) is 22.1. The van der Waals surface area contributed by atoms with Crippen molar-refractivity contribution in [3.8, 4) is 0 Å². The Bertz CT molecular complexity index is 844. The van der Waals surface area contributed by atoms with Crippen molar-refractivity contribution in [1.82, 2.24) is 4.31 Å². The molecule has 1 fully saturated rings. The number of morpholine rings is 1. The summed E-state index contributed by atoms with van der Waals surface area (Å²) in [6.45, 7) is 6.30. The van der Waals surface area contributed by atoms with Crippen LogP contribution in [0, 0.1) is 6.92 Å². The number of aryl methyl sites for hydroxylation is 1. The van der Waals surface area contributed by atoms with Crippen molar-refractivity contribution in [2.24, 2.45) is 0 Å². The van der Waals surface area contributed by atoms with Gasteiger partial charge in [0, 0.05) is 24.9 Å². The predicted octanol–water partition coefficient (Wildman–Crippen LogP) is 1.85. The van der Waals surface area contributed by atoms with Gasteiger partial charge in [-0.05, 0) is 38.0 Å². The van der Waals surface area contributed by atoms with E-state index >= 15 is 0 Å². The van der Waals surface area contributed by atoms with Gasteiger partial charge < -0.3 is 14.8 Å². The van der Waals surface area contributed by atoms with Gasteiger partial charge in [-0.1, -0.05) is 19.1 Å². The van der Waals surface area contributed by atoms with Crippen molar-refractivity contribution in [2.75, 3.05) is 31.6 Å². The Morgan fingerprint density at radius 2 is 2.00 bits per heavy atom. The van der Waals surface area contributed by atoms with E-state index in [0.717, 1.165) is 0 Å². The largest absolute Gasteiger partial charge is 0.449 e. The number of rotatable bonds is 7. The highest BCUT2D eigenvalue weighted by atomic mass is 32.2. The summed E-state index contributed by atoms with van der Waals surface area (Å²) in [6.07, 6.45) is 2.56. The van der Waals surface area contributed by atoms with Crippen LogP contribution in [0.4, 0.5) is 5.69 Å². The maximum absolute atomic E-state index is 12.9. The normalized spacial score (nSPS) is 16.7. The lowest BCUT2D eigenvalue weighted by atomic mass is 10.2. The molecule has 8 nitrogen and oxygen atoms in total. The predicted molar refractivity (Wildman–Crippen MR) is 104 cm³/mol. The molecule has 0 spiro atoms. The Labute approximate surface area is 165 Å².